The summed E-state index contributed by atoms with van der Waals surface area (Å²) in [4.78, 5) is 15.8. The monoisotopic (exact) mass is 283 g/mol. The number of oxazole rings is 1. The lowest BCUT2D eigenvalue weighted by Gasteiger charge is -2.21. The zero-order chi connectivity index (χ0) is 13.5. The average molecular weight is 283 g/mol. The molecule has 0 spiro atoms. The molecule has 2 heterocycles. The van der Waals surface area contributed by atoms with Gasteiger partial charge in [-0.1, -0.05) is 6.92 Å². The molecular weight excluding hydrogens is 262 g/mol. The number of amides is 1. The molecule has 6 heteroatoms. The number of carbonyl (C=O) groups excluding carboxylic acids is 1. The molecule has 0 unspecified atom stereocenters. The van der Waals surface area contributed by atoms with Gasteiger partial charge in [0, 0.05) is 11.7 Å². The Morgan fingerprint density at radius 1 is 1.58 bits per heavy atom. The van der Waals surface area contributed by atoms with Crippen molar-refractivity contribution in [3.8, 4) is 0 Å². The van der Waals surface area contributed by atoms with Crippen molar-refractivity contribution in [2.45, 2.75) is 38.0 Å². The number of rotatable bonds is 6. The molecule has 1 aromatic rings. The van der Waals surface area contributed by atoms with E-state index in [1.54, 1.807) is 18.0 Å². The fourth-order valence-corrected chi connectivity index (χ4v) is 3.03. The van der Waals surface area contributed by atoms with Crippen molar-refractivity contribution in [3.05, 3.63) is 17.8 Å². The normalized spacial score (nSPS) is 16.5. The van der Waals surface area contributed by atoms with E-state index in [0.29, 0.717) is 23.4 Å². The molecule has 1 fully saturated rings. The summed E-state index contributed by atoms with van der Waals surface area (Å²) in [5.41, 5.74) is 0. The SMILES string of the molecule is CCc1cnc(CNC(=O)CSC2CCNCC2)o1. The second kappa shape index (κ2) is 7.55. The van der Waals surface area contributed by atoms with Crippen LogP contribution in [0.4, 0.5) is 0 Å². The molecule has 0 aliphatic carbocycles. The molecule has 2 rings (SSSR count). The Hall–Kier alpha value is -1.01. The quantitative estimate of drug-likeness (QED) is 0.824. The van der Waals surface area contributed by atoms with Gasteiger partial charge < -0.3 is 15.1 Å². The molecule has 19 heavy (non-hydrogen) atoms. The second-order valence-electron chi connectivity index (χ2n) is 4.61. The predicted molar refractivity (Wildman–Crippen MR) is 76.1 cm³/mol. The lowest BCUT2D eigenvalue weighted by molar-refractivity contribution is -0.118. The van der Waals surface area contributed by atoms with E-state index in [0.717, 1.165) is 38.1 Å². The third kappa shape index (κ3) is 4.87. The van der Waals surface area contributed by atoms with E-state index in [4.69, 9.17) is 4.42 Å². The Kier molecular flexibility index (Phi) is 5.72. The van der Waals surface area contributed by atoms with Crippen molar-refractivity contribution in [2.24, 2.45) is 0 Å². The van der Waals surface area contributed by atoms with Crippen LogP contribution in [0, 0.1) is 0 Å². The van der Waals surface area contributed by atoms with Gasteiger partial charge in [-0.05, 0) is 25.9 Å². The van der Waals surface area contributed by atoms with Gasteiger partial charge in [-0.25, -0.2) is 4.98 Å². The molecule has 1 aliphatic rings. The van der Waals surface area contributed by atoms with Crippen LogP contribution in [0.1, 0.15) is 31.4 Å². The lowest BCUT2D eigenvalue weighted by Crippen LogP contribution is -2.31. The fraction of sp³-hybridized carbons (Fsp3) is 0.692. The number of hydrogen-bond donors (Lipinski definition) is 2. The summed E-state index contributed by atoms with van der Waals surface area (Å²) in [5.74, 6) is 2.01. The van der Waals surface area contributed by atoms with Gasteiger partial charge in [-0.2, -0.15) is 0 Å². The minimum atomic E-state index is 0.0554. The molecule has 0 aromatic carbocycles. The van der Waals surface area contributed by atoms with Crippen molar-refractivity contribution >= 4 is 17.7 Å². The molecule has 0 radical (unpaired) electrons. The smallest absolute Gasteiger partial charge is 0.230 e. The van der Waals surface area contributed by atoms with Gasteiger partial charge in [0.15, 0.2) is 0 Å². The number of aromatic nitrogens is 1. The summed E-state index contributed by atoms with van der Waals surface area (Å²) < 4.78 is 5.44. The first-order chi connectivity index (χ1) is 9.28. The van der Waals surface area contributed by atoms with Gasteiger partial charge in [0.2, 0.25) is 11.8 Å². The first-order valence-electron chi connectivity index (χ1n) is 6.80. The summed E-state index contributed by atoms with van der Waals surface area (Å²) in [7, 11) is 0. The topological polar surface area (TPSA) is 67.2 Å². The van der Waals surface area contributed by atoms with Gasteiger partial charge in [0.05, 0.1) is 18.5 Å². The third-order valence-electron chi connectivity index (χ3n) is 3.12. The van der Waals surface area contributed by atoms with Crippen LogP contribution in [0.25, 0.3) is 0 Å². The maximum absolute atomic E-state index is 11.7. The zero-order valence-electron chi connectivity index (χ0n) is 11.3. The number of carbonyl (C=O) groups is 1. The highest BCUT2D eigenvalue weighted by molar-refractivity contribution is 8.00. The summed E-state index contributed by atoms with van der Waals surface area (Å²) in [6, 6.07) is 0. The van der Waals surface area contributed by atoms with Crippen LogP contribution >= 0.6 is 11.8 Å². The van der Waals surface area contributed by atoms with Crippen LogP contribution in [0.3, 0.4) is 0 Å². The van der Waals surface area contributed by atoms with Crippen molar-refractivity contribution in [1.82, 2.24) is 15.6 Å². The second-order valence-corrected chi connectivity index (χ2v) is 5.90. The Morgan fingerprint density at radius 3 is 3.05 bits per heavy atom. The van der Waals surface area contributed by atoms with E-state index in [1.165, 1.54) is 0 Å². The standard InChI is InChI=1S/C13H21N3O2S/c1-2-10-7-16-13(18-10)8-15-12(17)9-19-11-3-5-14-6-4-11/h7,11,14H,2-6,8-9H2,1H3,(H,15,17). The van der Waals surface area contributed by atoms with Crippen LogP contribution in [0.15, 0.2) is 10.6 Å². The molecule has 1 saturated heterocycles. The molecule has 1 aliphatic heterocycles. The molecule has 1 amide bonds. The minimum Gasteiger partial charge on any atom is -0.444 e. The third-order valence-corrected chi connectivity index (χ3v) is 4.49. The molecule has 1 aromatic heterocycles. The number of aryl methyl sites for hydroxylation is 1. The summed E-state index contributed by atoms with van der Waals surface area (Å²) in [6.45, 7) is 4.52. The largest absolute Gasteiger partial charge is 0.444 e. The van der Waals surface area contributed by atoms with Crippen molar-refractivity contribution in [3.63, 3.8) is 0 Å². The van der Waals surface area contributed by atoms with Gasteiger partial charge >= 0.3 is 0 Å². The highest BCUT2D eigenvalue weighted by atomic mass is 32.2. The van der Waals surface area contributed by atoms with Gasteiger partial charge in [-0.3, -0.25) is 4.79 Å². The highest BCUT2D eigenvalue weighted by Gasteiger charge is 2.15. The minimum absolute atomic E-state index is 0.0554. The first-order valence-corrected chi connectivity index (χ1v) is 7.85. The lowest BCUT2D eigenvalue weighted by atomic mass is 10.2. The summed E-state index contributed by atoms with van der Waals surface area (Å²) in [6.07, 6.45) is 4.84. The van der Waals surface area contributed by atoms with E-state index in [9.17, 15) is 4.79 Å². The Labute approximate surface area is 117 Å². The maximum Gasteiger partial charge on any atom is 0.230 e. The summed E-state index contributed by atoms with van der Waals surface area (Å²) in [5, 5.41) is 6.78. The molecule has 0 bridgehead atoms. The average Bonchev–Trinajstić information content (AvgIpc) is 2.92. The molecule has 106 valence electrons. The maximum atomic E-state index is 11.7. The Morgan fingerprint density at radius 2 is 2.37 bits per heavy atom. The van der Waals surface area contributed by atoms with Crippen LogP contribution < -0.4 is 10.6 Å². The van der Waals surface area contributed by atoms with Crippen molar-refractivity contribution in [2.75, 3.05) is 18.8 Å². The molecule has 5 nitrogen and oxygen atoms in total. The number of piperidine rings is 1. The van der Waals surface area contributed by atoms with Gasteiger partial charge in [-0.15, -0.1) is 11.8 Å². The summed E-state index contributed by atoms with van der Waals surface area (Å²) >= 11 is 1.75. The van der Waals surface area contributed by atoms with E-state index in [1.807, 2.05) is 6.92 Å². The highest BCUT2D eigenvalue weighted by Crippen LogP contribution is 2.19. The van der Waals surface area contributed by atoms with Crippen molar-refractivity contribution < 1.29 is 9.21 Å². The predicted octanol–water partition coefficient (Wildman–Crippen LogP) is 1.34. The number of hydrogen-bond acceptors (Lipinski definition) is 5. The van der Waals surface area contributed by atoms with Crippen molar-refractivity contribution in [1.29, 1.82) is 0 Å². The Balaban J connectivity index is 1.63. The van der Waals surface area contributed by atoms with Gasteiger partial charge in [0.25, 0.3) is 0 Å². The number of nitrogens with zero attached hydrogens (tertiary/aromatic N) is 1. The first kappa shape index (κ1) is 14.4. The zero-order valence-corrected chi connectivity index (χ0v) is 12.1. The number of thioether (sulfide) groups is 1. The van der Waals surface area contributed by atoms with E-state index in [-0.39, 0.29) is 5.91 Å². The fourth-order valence-electron chi connectivity index (χ4n) is 1.97. The van der Waals surface area contributed by atoms with Crippen LogP contribution in [-0.2, 0) is 17.8 Å². The molecule has 2 N–H and O–H groups in total. The van der Waals surface area contributed by atoms with E-state index in [2.05, 4.69) is 15.6 Å². The van der Waals surface area contributed by atoms with Crippen LogP contribution in [-0.4, -0.2) is 35.0 Å². The van der Waals surface area contributed by atoms with Gasteiger partial charge in [0.1, 0.15) is 5.76 Å². The van der Waals surface area contributed by atoms with Crippen LogP contribution in [0.5, 0.6) is 0 Å². The van der Waals surface area contributed by atoms with Crippen LogP contribution in [0.2, 0.25) is 0 Å². The number of nitrogens with one attached hydrogen (secondary N) is 2. The molecule has 0 atom stereocenters. The van der Waals surface area contributed by atoms with E-state index < -0.39 is 0 Å². The van der Waals surface area contributed by atoms with E-state index >= 15 is 0 Å². The molecular formula is C13H21N3O2S. The Bertz CT molecular complexity index is 402. The molecule has 0 saturated carbocycles.